The normalized spacial score (nSPS) is 11.5. The molecule has 0 unspecified atom stereocenters. The molecule has 7 heteroatoms. The van der Waals surface area contributed by atoms with Crippen molar-refractivity contribution in [1.29, 1.82) is 0 Å². The number of carbonyl (C=O) groups excluding carboxylic acids is 1. The lowest BCUT2D eigenvalue weighted by atomic mass is 10.2. The van der Waals surface area contributed by atoms with Crippen molar-refractivity contribution >= 4 is 56.5 Å². The highest BCUT2D eigenvalue weighted by Gasteiger charge is 2.09. The summed E-state index contributed by atoms with van der Waals surface area (Å²) in [7, 11) is 0. The fourth-order valence-corrected chi connectivity index (χ4v) is 3.47. The van der Waals surface area contributed by atoms with Gasteiger partial charge in [-0.2, -0.15) is 0 Å². The fraction of sp³-hybridized carbons (Fsp3) is 0. The first-order valence-electron chi connectivity index (χ1n) is 7.16. The van der Waals surface area contributed by atoms with E-state index in [0.717, 1.165) is 15.9 Å². The summed E-state index contributed by atoms with van der Waals surface area (Å²) in [5.74, 6) is -0.255. The number of rotatable bonds is 3. The van der Waals surface area contributed by atoms with E-state index in [2.05, 4.69) is 15.3 Å². The Morgan fingerprint density at radius 1 is 1.29 bits per heavy atom. The summed E-state index contributed by atoms with van der Waals surface area (Å²) in [4.78, 5) is 21.6. The van der Waals surface area contributed by atoms with Crippen LogP contribution >= 0.6 is 22.9 Å². The van der Waals surface area contributed by atoms with Crippen molar-refractivity contribution in [2.45, 2.75) is 0 Å². The molecule has 0 aliphatic carbocycles. The van der Waals surface area contributed by atoms with E-state index < -0.39 is 0 Å². The molecule has 3 heterocycles. The van der Waals surface area contributed by atoms with Gasteiger partial charge in [0.15, 0.2) is 10.1 Å². The molecular weight excluding hydrogens is 344 g/mol. The standard InChI is InChI=1S/C17H11ClN4OS/c18-16-13(22-9-10-24-17(22)21-16)6-7-14(23)20-12-5-1-3-11-4-2-8-19-15(11)12/h1-10H,(H,20,23)/b7-6+. The van der Waals surface area contributed by atoms with Crippen molar-refractivity contribution in [2.75, 3.05) is 5.32 Å². The van der Waals surface area contributed by atoms with E-state index in [1.165, 1.54) is 17.4 Å². The van der Waals surface area contributed by atoms with E-state index in [9.17, 15) is 4.79 Å². The summed E-state index contributed by atoms with van der Waals surface area (Å²) in [5.41, 5.74) is 2.10. The molecule has 0 saturated carbocycles. The molecule has 0 aliphatic heterocycles. The number of benzene rings is 1. The van der Waals surface area contributed by atoms with Gasteiger partial charge >= 0.3 is 0 Å². The quantitative estimate of drug-likeness (QED) is 0.559. The molecule has 0 spiro atoms. The van der Waals surface area contributed by atoms with E-state index in [1.807, 2.05) is 46.3 Å². The number of amides is 1. The Hall–Kier alpha value is -2.70. The van der Waals surface area contributed by atoms with Crippen molar-refractivity contribution in [3.63, 3.8) is 0 Å². The van der Waals surface area contributed by atoms with Crippen LogP contribution in [0, 0.1) is 0 Å². The van der Waals surface area contributed by atoms with Crippen LogP contribution in [0.5, 0.6) is 0 Å². The minimum Gasteiger partial charge on any atom is -0.321 e. The third kappa shape index (κ3) is 2.66. The van der Waals surface area contributed by atoms with Crippen LogP contribution in [0.1, 0.15) is 5.69 Å². The number of halogens is 1. The van der Waals surface area contributed by atoms with Gasteiger partial charge in [0.1, 0.15) is 0 Å². The predicted octanol–water partition coefficient (Wildman–Crippen LogP) is 4.25. The van der Waals surface area contributed by atoms with E-state index in [-0.39, 0.29) is 5.91 Å². The maximum Gasteiger partial charge on any atom is 0.248 e. The van der Waals surface area contributed by atoms with E-state index in [0.29, 0.717) is 16.5 Å². The van der Waals surface area contributed by atoms with Gasteiger partial charge in [-0.25, -0.2) is 4.98 Å². The second-order valence-electron chi connectivity index (χ2n) is 5.05. The maximum absolute atomic E-state index is 12.2. The number of fused-ring (bicyclic) bond motifs is 2. The van der Waals surface area contributed by atoms with Gasteiger partial charge in [0.05, 0.1) is 16.9 Å². The highest BCUT2D eigenvalue weighted by atomic mass is 35.5. The molecule has 4 aromatic rings. The zero-order valence-corrected chi connectivity index (χ0v) is 13.9. The molecule has 1 N–H and O–H groups in total. The average molecular weight is 355 g/mol. The van der Waals surface area contributed by atoms with Crippen molar-refractivity contribution in [3.8, 4) is 0 Å². The van der Waals surface area contributed by atoms with Crippen LogP contribution in [-0.4, -0.2) is 20.3 Å². The number of aromatic nitrogens is 3. The fourth-order valence-electron chi connectivity index (χ4n) is 2.46. The molecule has 1 aromatic carbocycles. The Kier molecular flexibility index (Phi) is 3.76. The number of nitrogens with zero attached hydrogens (tertiary/aromatic N) is 3. The van der Waals surface area contributed by atoms with Crippen molar-refractivity contribution in [1.82, 2.24) is 14.4 Å². The number of nitrogens with one attached hydrogen (secondary N) is 1. The smallest absolute Gasteiger partial charge is 0.248 e. The third-order valence-electron chi connectivity index (χ3n) is 3.54. The van der Waals surface area contributed by atoms with Crippen LogP contribution in [0.2, 0.25) is 5.15 Å². The summed E-state index contributed by atoms with van der Waals surface area (Å²) in [6.45, 7) is 0. The number of imidazole rings is 1. The van der Waals surface area contributed by atoms with Crippen LogP contribution in [-0.2, 0) is 4.79 Å². The van der Waals surface area contributed by atoms with Crippen LogP contribution < -0.4 is 5.32 Å². The van der Waals surface area contributed by atoms with E-state index >= 15 is 0 Å². The zero-order chi connectivity index (χ0) is 16.5. The van der Waals surface area contributed by atoms with Gasteiger partial charge in [-0.15, -0.1) is 11.3 Å². The highest BCUT2D eigenvalue weighted by Crippen LogP contribution is 2.23. The molecule has 0 aliphatic rings. The molecule has 0 saturated heterocycles. The number of thiazole rings is 1. The third-order valence-corrected chi connectivity index (χ3v) is 4.57. The number of pyridine rings is 1. The Bertz CT molecular complexity index is 1080. The molecular formula is C17H11ClN4OS. The summed E-state index contributed by atoms with van der Waals surface area (Å²) < 4.78 is 1.84. The summed E-state index contributed by atoms with van der Waals surface area (Å²) in [6.07, 6.45) is 6.66. The molecule has 0 fully saturated rings. The lowest BCUT2D eigenvalue weighted by Gasteiger charge is -2.05. The SMILES string of the molecule is O=C(/C=C/c1c(Cl)nc2sccn12)Nc1cccc2cccnc12. The first kappa shape index (κ1) is 14.9. The Morgan fingerprint density at radius 2 is 2.17 bits per heavy atom. The molecule has 0 atom stereocenters. The van der Waals surface area contributed by atoms with Gasteiger partial charge in [-0.1, -0.05) is 29.8 Å². The van der Waals surface area contributed by atoms with Gasteiger partial charge in [0.2, 0.25) is 5.91 Å². The molecule has 0 radical (unpaired) electrons. The van der Waals surface area contributed by atoms with Gasteiger partial charge in [0.25, 0.3) is 0 Å². The number of anilines is 1. The Labute approximate surface area is 146 Å². The van der Waals surface area contributed by atoms with Crippen molar-refractivity contribution in [2.24, 2.45) is 0 Å². The maximum atomic E-state index is 12.2. The van der Waals surface area contributed by atoms with Crippen LogP contribution in [0.4, 0.5) is 5.69 Å². The summed E-state index contributed by atoms with van der Waals surface area (Å²) in [5, 5.41) is 6.11. The highest BCUT2D eigenvalue weighted by molar-refractivity contribution is 7.15. The average Bonchev–Trinajstić information content (AvgIpc) is 3.14. The lowest BCUT2D eigenvalue weighted by Crippen LogP contribution is -2.08. The molecule has 5 nitrogen and oxygen atoms in total. The Balaban J connectivity index is 1.60. The Morgan fingerprint density at radius 3 is 3.08 bits per heavy atom. The molecule has 1 amide bonds. The number of hydrogen-bond donors (Lipinski definition) is 1. The zero-order valence-electron chi connectivity index (χ0n) is 12.3. The molecule has 118 valence electrons. The van der Waals surface area contributed by atoms with Crippen molar-refractivity contribution < 1.29 is 4.79 Å². The topological polar surface area (TPSA) is 59.3 Å². The summed E-state index contributed by atoms with van der Waals surface area (Å²) >= 11 is 7.60. The molecule has 0 bridgehead atoms. The number of para-hydroxylation sites is 1. The molecule has 24 heavy (non-hydrogen) atoms. The summed E-state index contributed by atoms with van der Waals surface area (Å²) in [6, 6.07) is 9.47. The predicted molar refractivity (Wildman–Crippen MR) is 97.5 cm³/mol. The van der Waals surface area contributed by atoms with Gasteiger partial charge < -0.3 is 5.32 Å². The van der Waals surface area contributed by atoms with Crippen LogP contribution in [0.25, 0.3) is 21.9 Å². The minimum atomic E-state index is -0.255. The van der Waals surface area contributed by atoms with Gasteiger partial charge in [-0.05, 0) is 18.2 Å². The monoisotopic (exact) mass is 354 g/mol. The largest absolute Gasteiger partial charge is 0.321 e. The lowest BCUT2D eigenvalue weighted by molar-refractivity contribution is -0.111. The van der Waals surface area contributed by atoms with Crippen LogP contribution in [0.15, 0.2) is 54.2 Å². The number of hydrogen-bond acceptors (Lipinski definition) is 4. The second kappa shape index (κ2) is 6.07. The van der Waals surface area contributed by atoms with Gasteiger partial charge in [0, 0.05) is 29.2 Å². The molecule has 4 rings (SSSR count). The number of carbonyl (C=O) groups is 1. The minimum absolute atomic E-state index is 0.255. The van der Waals surface area contributed by atoms with Gasteiger partial charge in [-0.3, -0.25) is 14.2 Å². The van der Waals surface area contributed by atoms with E-state index in [4.69, 9.17) is 11.6 Å². The second-order valence-corrected chi connectivity index (χ2v) is 6.28. The van der Waals surface area contributed by atoms with Crippen LogP contribution in [0.3, 0.4) is 0 Å². The first-order chi connectivity index (χ1) is 11.7. The molecule has 3 aromatic heterocycles. The first-order valence-corrected chi connectivity index (χ1v) is 8.42. The van der Waals surface area contributed by atoms with E-state index in [1.54, 1.807) is 12.3 Å². The van der Waals surface area contributed by atoms with Crippen molar-refractivity contribution in [3.05, 3.63) is 65.0 Å².